The predicted octanol–water partition coefficient (Wildman–Crippen LogP) is 4.63. The lowest BCUT2D eigenvalue weighted by atomic mass is 9.95. The first-order chi connectivity index (χ1) is 15.6. The average molecular weight is 434 g/mol. The second kappa shape index (κ2) is 8.88. The van der Waals surface area contributed by atoms with E-state index in [1.54, 1.807) is 24.8 Å². The van der Waals surface area contributed by atoms with Crippen molar-refractivity contribution >= 4 is 16.9 Å². The van der Waals surface area contributed by atoms with Crippen LogP contribution < -0.4 is 4.74 Å². The number of piperidine rings is 1. The fourth-order valence-corrected chi connectivity index (χ4v) is 5.27. The van der Waals surface area contributed by atoms with E-state index in [0.717, 1.165) is 23.9 Å². The molecule has 2 fully saturated rings. The molecule has 7 nitrogen and oxygen atoms in total. The number of amides is 1. The molecule has 3 aromatic heterocycles. The number of likely N-dealkylation sites (tertiary alicyclic amines) is 1. The lowest BCUT2D eigenvalue weighted by Gasteiger charge is -2.32. The van der Waals surface area contributed by atoms with Crippen LogP contribution in [0.15, 0.2) is 30.9 Å². The molecule has 0 bridgehead atoms. The van der Waals surface area contributed by atoms with Crippen molar-refractivity contribution in [3.63, 3.8) is 0 Å². The van der Waals surface area contributed by atoms with Gasteiger partial charge in [-0.05, 0) is 44.4 Å². The number of aryl methyl sites for hydroxylation is 1. The van der Waals surface area contributed by atoms with Gasteiger partial charge in [-0.15, -0.1) is 0 Å². The summed E-state index contributed by atoms with van der Waals surface area (Å²) < 4.78 is 8.85. The topological polar surface area (TPSA) is 73.1 Å². The maximum Gasteiger partial charge on any atom is 0.255 e. The maximum absolute atomic E-state index is 12.7. The number of fused-ring (bicyclic) bond motifs is 1. The number of aromatic nitrogens is 4. The van der Waals surface area contributed by atoms with Crippen molar-refractivity contribution in [3.8, 4) is 5.88 Å². The van der Waals surface area contributed by atoms with Gasteiger partial charge in [0.1, 0.15) is 18.1 Å². The van der Waals surface area contributed by atoms with Crippen molar-refractivity contribution in [2.24, 2.45) is 0 Å². The Balaban J connectivity index is 1.32. The molecule has 0 atom stereocenters. The van der Waals surface area contributed by atoms with Gasteiger partial charge in [-0.25, -0.2) is 9.97 Å². The highest BCUT2D eigenvalue weighted by molar-refractivity contribution is 5.94. The van der Waals surface area contributed by atoms with Crippen LogP contribution in [0.3, 0.4) is 0 Å². The Morgan fingerprint density at radius 1 is 1.06 bits per heavy atom. The predicted molar refractivity (Wildman–Crippen MR) is 123 cm³/mol. The van der Waals surface area contributed by atoms with Crippen LogP contribution in [0, 0.1) is 13.8 Å². The van der Waals surface area contributed by atoms with E-state index in [9.17, 15) is 4.79 Å². The van der Waals surface area contributed by atoms with E-state index in [1.165, 1.54) is 43.4 Å². The van der Waals surface area contributed by atoms with E-state index in [4.69, 9.17) is 4.74 Å². The molecule has 0 spiro atoms. The molecule has 2 aliphatic rings. The zero-order chi connectivity index (χ0) is 22.1. The SMILES string of the molecule is Cc1c(C)n(C2CCCCC2)c2ncnc(OC3CCN(C(=O)c4cccnc4)CC3)c12. The van der Waals surface area contributed by atoms with Crippen LogP contribution in [0.4, 0.5) is 0 Å². The van der Waals surface area contributed by atoms with Crippen LogP contribution in [-0.4, -0.2) is 49.5 Å². The fourth-order valence-electron chi connectivity index (χ4n) is 5.27. The summed E-state index contributed by atoms with van der Waals surface area (Å²) in [4.78, 5) is 27.9. The molecule has 7 heteroatoms. The summed E-state index contributed by atoms with van der Waals surface area (Å²) in [6, 6.07) is 4.13. The molecule has 0 unspecified atom stereocenters. The smallest absolute Gasteiger partial charge is 0.255 e. The third-order valence-corrected chi connectivity index (χ3v) is 7.16. The van der Waals surface area contributed by atoms with E-state index < -0.39 is 0 Å². The quantitative estimate of drug-likeness (QED) is 0.600. The lowest BCUT2D eigenvalue weighted by molar-refractivity contribution is 0.0590. The van der Waals surface area contributed by atoms with Gasteiger partial charge < -0.3 is 14.2 Å². The minimum absolute atomic E-state index is 0.0389. The zero-order valence-electron chi connectivity index (χ0n) is 19.0. The third-order valence-electron chi connectivity index (χ3n) is 7.16. The van der Waals surface area contributed by atoms with Gasteiger partial charge in [0.15, 0.2) is 0 Å². The summed E-state index contributed by atoms with van der Waals surface area (Å²) in [5, 5.41) is 1.05. The summed E-state index contributed by atoms with van der Waals surface area (Å²) in [5.41, 5.74) is 4.13. The van der Waals surface area contributed by atoms with Crippen LogP contribution in [0.25, 0.3) is 11.0 Å². The van der Waals surface area contributed by atoms with Crippen molar-refractivity contribution in [2.75, 3.05) is 13.1 Å². The first-order valence-electron chi connectivity index (χ1n) is 11.8. The molecule has 4 heterocycles. The largest absolute Gasteiger partial charge is 0.474 e. The second-order valence-corrected chi connectivity index (χ2v) is 9.10. The van der Waals surface area contributed by atoms with Crippen molar-refractivity contribution in [1.82, 2.24) is 24.4 Å². The van der Waals surface area contributed by atoms with Gasteiger partial charge in [0.05, 0.1) is 10.9 Å². The van der Waals surface area contributed by atoms with Crippen molar-refractivity contribution in [3.05, 3.63) is 47.7 Å². The van der Waals surface area contributed by atoms with Crippen LogP contribution in [-0.2, 0) is 0 Å². The van der Waals surface area contributed by atoms with Gasteiger partial charge in [-0.1, -0.05) is 19.3 Å². The van der Waals surface area contributed by atoms with Gasteiger partial charge >= 0.3 is 0 Å². The molecule has 5 rings (SSSR count). The Morgan fingerprint density at radius 3 is 2.56 bits per heavy atom. The average Bonchev–Trinajstić information content (AvgIpc) is 3.11. The van der Waals surface area contributed by atoms with Crippen LogP contribution >= 0.6 is 0 Å². The number of hydrogen-bond acceptors (Lipinski definition) is 5. The summed E-state index contributed by atoms with van der Waals surface area (Å²) in [7, 11) is 0. The number of ether oxygens (including phenoxy) is 1. The monoisotopic (exact) mass is 433 g/mol. The number of pyridine rings is 1. The molecule has 1 aliphatic carbocycles. The maximum atomic E-state index is 12.7. The highest BCUT2D eigenvalue weighted by Gasteiger charge is 2.28. The highest BCUT2D eigenvalue weighted by atomic mass is 16.5. The van der Waals surface area contributed by atoms with Gasteiger partial charge in [0.25, 0.3) is 5.91 Å². The van der Waals surface area contributed by atoms with Crippen LogP contribution in [0.1, 0.15) is 72.6 Å². The fraction of sp³-hybridized carbons (Fsp3) is 0.520. The first kappa shape index (κ1) is 20.9. The van der Waals surface area contributed by atoms with Gasteiger partial charge in [-0.3, -0.25) is 9.78 Å². The Bertz CT molecular complexity index is 1100. The number of hydrogen-bond donors (Lipinski definition) is 0. The summed E-state index contributed by atoms with van der Waals surface area (Å²) in [5.74, 6) is 0.721. The van der Waals surface area contributed by atoms with E-state index in [0.29, 0.717) is 30.6 Å². The molecule has 1 saturated heterocycles. The molecule has 168 valence electrons. The van der Waals surface area contributed by atoms with Gasteiger partial charge in [0.2, 0.25) is 5.88 Å². The molecule has 1 saturated carbocycles. The van der Waals surface area contributed by atoms with Gasteiger partial charge in [0, 0.05) is 50.1 Å². The Morgan fingerprint density at radius 2 is 1.84 bits per heavy atom. The third kappa shape index (κ3) is 3.85. The van der Waals surface area contributed by atoms with Crippen LogP contribution in [0.2, 0.25) is 0 Å². The van der Waals surface area contributed by atoms with Crippen molar-refractivity contribution < 1.29 is 9.53 Å². The Kier molecular flexibility index (Phi) is 5.81. The minimum atomic E-state index is 0.0389. The number of rotatable bonds is 4. The lowest BCUT2D eigenvalue weighted by Crippen LogP contribution is -2.41. The molecular weight excluding hydrogens is 402 g/mol. The molecule has 0 N–H and O–H groups in total. The Hall–Kier alpha value is -2.96. The van der Waals surface area contributed by atoms with Crippen molar-refractivity contribution in [1.29, 1.82) is 0 Å². The molecular formula is C25H31N5O2. The summed E-state index contributed by atoms with van der Waals surface area (Å²) >= 11 is 0. The molecule has 1 amide bonds. The van der Waals surface area contributed by atoms with E-state index in [2.05, 4.69) is 33.4 Å². The highest BCUT2D eigenvalue weighted by Crippen LogP contribution is 2.37. The summed E-state index contributed by atoms with van der Waals surface area (Å²) in [6.45, 7) is 5.70. The van der Waals surface area contributed by atoms with E-state index >= 15 is 0 Å². The molecule has 32 heavy (non-hydrogen) atoms. The number of carbonyl (C=O) groups is 1. The summed E-state index contributed by atoms with van der Waals surface area (Å²) in [6.07, 6.45) is 12.9. The zero-order valence-corrected chi connectivity index (χ0v) is 19.0. The normalized spacial score (nSPS) is 18.2. The van der Waals surface area contributed by atoms with Gasteiger partial charge in [-0.2, -0.15) is 0 Å². The van der Waals surface area contributed by atoms with Crippen LogP contribution in [0.5, 0.6) is 5.88 Å². The molecule has 0 radical (unpaired) electrons. The standard InChI is InChI=1S/C25H31N5O2/c1-17-18(2)30(20-8-4-3-5-9-20)23-22(17)24(28-16-27-23)32-21-10-13-29(14-11-21)25(31)19-7-6-12-26-15-19/h6-7,12,15-16,20-21H,3-5,8-11,13-14H2,1-2H3. The van der Waals surface area contributed by atoms with Crippen molar-refractivity contribution in [2.45, 2.75) is 70.9 Å². The minimum Gasteiger partial charge on any atom is -0.474 e. The Labute approximate surface area is 188 Å². The molecule has 1 aliphatic heterocycles. The number of nitrogens with zero attached hydrogens (tertiary/aromatic N) is 5. The van der Waals surface area contributed by atoms with E-state index in [-0.39, 0.29) is 12.0 Å². The molecule has 3 aromatic rings. The molecule has 0 aromatic carbocycles. The number of carbonyl (C=O) groups excluding carboxylic acids is 1. The second-order valence-electron chi connectivity index (χ2n) is 9.10. The first-order valence-corrected chi connectivity index (χ1v) is 11.8. The van der Waals surface area contributed by atoms with E-state index in [1.807, 2.05) is 11.0 Å².